The SMILES string of the molecule is Cn1cc(NC(=O)c2cccc(-c3ccnc(NCC4CC4)c3)n2)c(C(=O)NCc2ccncn2)n1. The van der Waals surface area contributed by atoms with Crippen molar-refractivity contribution >= 4 is 23.3 Å². The molecule has 11 heteroatoms. The molecule has 5 rings (SSSR count). The zero-order chi connectivity index (χ0) is 24.9. The smallest absolute Gasteiger partial charge is 0.274 e. The summed E-state index contributed by atoms with van der Waals surface area (Å²) >= 11 is 0. The van der Waals surface area contributed by atoms with Crippen molar-refractivity contribution in [2.75, 3.05) is 17.2 Å². The first-order chi connectivity index (χ1) is 17.5. The second kappa shape index (κ2) is 10.3. The Hall–Kier alpha value is -4.67. The topological polar surface area (TPSA) is 140 Å². The molecule has 36 heavy (non-hydrogen) atoms. The minimum absolute atomic E-state index is 0.0940. The summed E-state index contributed by atoms with van der Waals surface area (Å²) in [7, 11) is 1.67. The van der Waals surface area contributed by atoms with E-state index in [9.17, 15) is 9.59 Å². The Morgan fingerprint density at radius 3 is 2.78 bits per heavy atom. The number of amides is 2. The van der Waals surface area contributed by atoms with Gasteiger partial charge in [-0.15, -0.1) is 0 Å². The van der Waals surface area contributed by atoms with E-state index in [1.54, 1.807) is 43.8 Å². The van der Waals surface area contributed by atoms with Crippen molar-refractivity contribution in [2.45, 2.75) is 19.4 Å². The molecule has 11 nitrogen and oxygen atoms in total. The number of rotatable bonds is 9. The number of nitrogens with zero attached hydrogens (tertiary/aromatic N) is 6. The quantitative estimate of drug-likeness (QED) is 0.330. The van der Waals surface area contributed by atoms with Gasteiger partial charge in [0.25, 0.3) is 11.8 Å². The van der Waals surface area contributed by atoms with Crippen molar-refractivity contribution in [2.24, 2.45) is 13.0 Å². The molecule has 0 radical (unpaired) electrons. The first kappa shape index (κ1) is 23.1. The van der Waals surface area contributed by atoms with E-state index in [1.165, 1.54) is 23.9 Å². The van der Waals surface area contributed by atoms with E-state index in [4.69, 9.17) is 0 Å². The highest BCUT2D eigenvalue weighted by Gasteiger charge is 2.21. The van der Waals surface area contributed by atoms with Crippen molar-refractivity contribution in [3.63, 3.8) is 0 Å². The van der Waals surface area contributed by atoms with Crippen molar-refractivity contribution in [3.05, 3.63) is 78.4 Å². The Morgan fingerprint density at radius 2 is 1.97 bits per heavy atom. The van der Waals surface area contributed by atoms with E-state index >= 15 is 0 Å². The lowest BCUT2D eigenvalue weighted by molar-refractivity contribution is 0.0945. The molecule has 182 valence electrons. The number of hydrogen-bond donors (Lipinski definition) is 3. The highest BCUT2D eigenvalue weighted by molar-refractivity contribution is 6.07. The maximum absolute atomic E-state index is 13.0. The number of anilines is 2. The van der Waals surface area contributed by atoms with Crippen molar-refractivity contribution in [1.82, 2.24) is 35.0 Å². The van der Waals surface area contributed by atoms with Gasteiger partial charge in [0.15, 0.2) is 5.69 Å². The van der Waals surface area contributed by atoms with Gasteiger partial charge >= 0.3 is 0 Å². The molecule has 0 aromatic carbocycles. The molecule has 0 saturated heterocycles. The molecule has 4 aromatic heterocycles. The van der Waals surface area contributed by atoms with Crippen LogP contribution in [0.2, 0.25) is 0 Å². The van der Waals surface area contributed by atoms with Crippen LogP contribution in [0.1, 0.15) is 39.5 Å². The van der Waals surface area contributed by atoms with Crippen LogP contribution in [0.3, 0.4) is 0 Å². The molecular weight excluding hydrogens is 458 g/mol. The number of hydrogen-bond acceptors (Lipinski definition) is 8. The van der Waals surface area contributed by atoms with E-state index in [2.05, 4.69) is 41.0 Å². The van der Waals surface area contributed by atoms with Gasteiger partial charge in [-0.3, -0.25) is 14.3 Å². The van der Waals surface area contributed by atoms with Crippen molar-refractivity contribution in [3.8, 4) is 11.3 Å². The highest BCUT2D eigenvalue weighted by atomic mass is 16.2. The van der Waals surface area contributed by atoms with Gasteiger partial charge < -0.3 is 16.0 Å². The molecule has 4 heterocycles. The molecule has 1 aliphatic rings. The largest absolute Gasteiger partial charge is 0.370 e. The lowest BCUT2D eigenvalue weighted by atomic mass is 10.1. The van der Waals surface area contributed by atoms with Gasteiger partial charge in [0.2, 0.25) is 0 Å². The van der Waals surface area contributed by atoms with Crippen LogP contribution >= 0.6 is 0 Å². The van der Waals surface area contributed by atoms with E-state index < -0.39 is 11.8 Å². The van der Waals surface area contributed by atoms with Gasteiger partial charge in [-0.25, -0.2) is 19.9 Å². The van der Waals surface area contributed by atoms with Crippen LogP contribution in [0.4, 0.5) is 11.5 Å². The molecule has 0 spiro atoms. The van der Waals surface area contributed by atoms with Crippen molar-refractivity contribution < 1.29 is 9.59 Å². The van der Waals surface area contributed by atoms with Gasteiger partial charge in [-0.1, -0.05) is 6.07 Å². The molecule has 0 atom stereocenters. The number of nitrogens with one attached hydrogen (secondary N) is 3. The summed E-state index contributed by atoms with van der Waals surface area (Å²) in [6.45, 7) is 1.12. The molecule has 0 aliphatic heterocycles. The maximum Gasteiger partial charge on any atom is 0.274 e. The zero-order valence-electron chi connectivity index (χ0n) is 19.7. The molecule has 0 unspecified atom stereocenters. The fourth-order valence-corrected chi connectivity index (χ4v) is 3.59. The Morgan fingerprint density at radius 1 is 1.08 bits per heavy atom. The lowest BCUT2D eigenvalue weighted by Gasteiger charge is -2.09. The average molecular weight is 484 g/mol. The van der Waals surface area contributed by atoms with E-state index in [0.717, 1.165) is 23.8 Å². The molecule has 2 amide bonds. The Balaban J connectivity index is 1.28. The molecule has 3 N–H and O–H groups in total. The number of carbonyl (C=O) groups excluding carboxylic acids is 2. The Bertz CT molecular complexity index is 1380. The average Bonchev–Trinajstić information content (AvgIpc) is 3.67. The lowest BCUT2D eigenvalue weighted by Crippen LogP contribution is -2.25. The zero-order valence-corrected chi connectivity index (χ0v) is 19.7. The van der Waals surface area contributed by atoms with E-state index in [0.29, 0.717) is 11.4 Å². The molecule has 1 fully saturated rings. The fourth-order valence-electron chi connectivity index (χ4n) is 3.59. The standard InChI is InChI=1S/C25H25N9O2/c1-34-14-21(23(33-34)25(36)29-13-18-8-9-26-15-30-18)32-24(35)20-4-2-3-19(31-20)17-7-10-27-22(11-17)28-12-16-5-6-16/h2-4,7-11,14-16H,5-6,12-13H2,1H3,(H,27,28)(H,29,36)(H,32,35). The van der Waals surface area contributed by atoms with Gasteiger partial charge in [-0.05, 0) is 49.1 Å². The highest BCUT2D eigenvalue weighted by Crippen LogP contribution is 2.29. The van der Waals surface area contributed by atoms with Crippen LogP contribution in [0, 0.1) is 5.92 Å². The molecule has 0 bridgehead atoms. The monoisotopic (exact) mass is 483 g/mol. The first-order valence-corrected chi connectivity index (χ1v) is 11.6. The summed E-state index contributed by atoms with van der Waals surface area (Å²) < 4.78 is 1.46. The molecule has 1 saturated carbocycles. The summed E-state index contributed by atoms with van der Waals surface area (Å²) in [6.07, 6.45) is 8.82. The third-order valence-corrected chi connectivity index (χ3v) is 5.67. The predicted molar refractivity (Wildman–Crippen MR) is 133 cm³/mol. The van der Waals surface area contributed by atoms with E-state index in [1.807, 2.05) is 18.2 Å². The Labute approximate surface area is 207 Å². The van der Waals surface area contributed by atoms with Gasteiger partial charge in [0.05, 0.1) is 23.6 Å². The van der Waals surface area contributed by atoms with Crippen LogP contribution in [-0.4, -0.2) is 48.1 Å². The number of aromatic nitrogens is 6. The van der Waals surface area contributed by atoms with Gasteiger partial charge in [-0.2, -0.15) is 5.10 Å². The van der Waals surface area contributed by atoms with Crippen LogP contribution in [0.25, 0.3) is 11.3 Å². The third-order valence-electron chi connectivity index (χ3n) is 5.67. The van der Waals surface area contributed by atoms with Crippen LogP contribution in [0.15, 0.2) is 61.3 Å². The van der Waals surface area contributed by atoms with Crippen molar-refractivity contribution in [1.29, 1.82) is 0 Å². The van der Waals surface area contributed by atoms with Crippen LogP contribution < -0.4 is 16.0 Å². The Kier molecular flexibility index (Phi) is 6.61. The molecular formula is C25H25N9O2. The third kappa shape index (κ3) is 5.69. The summed E-state index contributed by atoms with van der Waals surface area (Å²) in [5, 5.41) is 13.1. The second-order valence-corrected chi connectivity index (χ2v) is 8.56. The summed E-state index contributed by atoms with van der Waals surface area (Å²) in [6, 6.07) is 10.7. The number of aryl methyl sites for hydroxylation is 1. The maximum atomic E-state index is 13.0. The van der Waals surface area contributed by atoms with Crippen LogP contribution in [0.5, 0.6) is 0 Å². The summed E-state index contributed by atoms with van der Waals surface area (Å²) in [5.41, 5.74) is 2.75. The predicted octanol–water partition coefficient (Wildman–Crippen LogP) is 2.67. The minimum Gasteiger partial charge on any atom is -0.370 e. The first-order valence-electron chi connectivity index (χ1n) is 11.6. The van der Waals surface area contributed by atoms with Crippen LogP contribution in [-0.2, 0) is 13.6 Å². The van der Waals surface area contributed by atoms with E-state index in [-0.39, 0.29) is 23.6 Å². The minimum atomic E-state index is -0.448. The molecule has 1 aliphatic carbocycles. The summed E-state index contributed by atoms with van der Waals surface area (Å²) in [4.78, 5) is 42.6. The number of carbonyl (C=O) groups is 2. The summed E-state index contributed by atoms with van der Waals surface area (Å²) in [5.74, 6) is 0.626. The normalized spacial score (nSPS) is 12.7. The number of pyridine rings is 2. The fraction of sp³-hybridized carbons (Fsp3) is 0.240. The molecule has 4 aromatic rings. The van der Waals surface area contributed by atoms with Gasteiger partial charge in [0, 0.05) is 37.7 Å². The second-order valence-electron chi connectivity index (χ2n) is 8.56. The van der Waals surface area contributed by atoms with Gasteiger partial charge in [0.1, 0.15) is 17.8 Å².